The lowest BCUT2D eigenvalue weighted by Crippen LogP contribution is -2.47. The number of rotatable bonds is 8. The molecule has 8 nitrogen and oxygen atoms in total. The highest BCUT2D eigenvalue weighted by molar-refractivity contribution is 9.10. The number of hydrogen-bond acceptors (Lipinski definition) is 6. The molecule has 5 rings (SSSR count). The van der Waals surface area contributed by atoms with Crippen molar-refractivity contribution in [3.05, 3.63) is 51.6 Å². The summed E-state index contributed by atoms with van der Waals surface area (Å²) in [7, 11) is -3.44. The van der Waals surface area contributed by atoms with Gasteiger partial charge in [-0.3, -0.25) is 4.98 Å². The van der Waals surface area contributed by atoms with E-state index in [4.69, 9.17) is 18.8 Å². The van der Waals surface area contributed by atoms with Crippen molar-refractivity contribution in [3.8, 4) is 0 Å². The van der Waals surface area contributed by atoms with Crippen molar-refractivity contribution in [1.29, 1.82) is 0 Å². The average molecular weight is 702 g/mol. The van der Waals surface area contributed by atoms with Crippen molar-refractivity contribution < 1.29 is 8.63 Å². The summed E-state index contributed by atoms with van der Waals surface area (Å²) in [5.41, 5.74) is 7.52. The molecule has 44 heavy (non-hydrogen) atoms. The van der Waals surface area contributed by atoms with Crippen LogP contribution >= 0.6 is 15.9 Å². The molecular weight excluding hydrogens is 652 g/mol. The van der Waals surface area contributed by atoms with Gasteiger partial charge in [-0.1, -0.05) is 41.5 Å². The van der Waals surface area contributed by atoms with Crippen molar-refractivity contribution in [2.75, 3.05) is 18.0 Å². The standard InChI is InChI=1S/C33H49BrN6O2SSi/c1-21(2)44(22(3)4,23(5)6)42-20-27-26-19-33(29(25(26)11-15-35-27)38-43(41)32(8,9)10)13-17-39(18-14-33)31-28-12-16-36-40(28)30(34)24(7)37-31/h11-12,15-16,21-23H,13-14,17-20H2,1-10H3. The fraction of sp³-hybridized carbons (Fsp3) is 0.636. The van der Waals surface area contributed by atoms with E-state index in [2.05, 4.69) is 73.5 Å². The molecule has 0 N–H and O–H groups in total. The Morgan fingerprint density at radius 3 is 2.30 bits per heavy atom. The van der Waals surface area contributed by atoms with Crippen LogP contribution in [0.1, 0.15) is 97.7 Å². The predicted octanol–water partition coefficient (Wildman–Crippen LogP) is 7.98. The van der Waals surface area contributed by atoms with Crippen LogP contribution in [-0.2, 0) is 28.4 Å². The van der Waals surface area contributed by atoms with Gasteiger partial charge in [0.2, 0.25) is 8.32 Å². The molecule has 0 aromatic carbocycles. The molecule has 1 fully saturated rings. The molecule has 0 radical (unpaired) electrons. The summed E-state index contributed by atoms with van der Waals surface area (Å²) >= 11 is 3.65. The van der Waals surface area contributed by atoms with E-state index in [-0.39, 0.29) is 5.41 Å². The van der Waals surface area contributed by atoms with Crippen LogP contribution in [0.3, 0.4) is 0 Å². The maximum Gasteiger partial charge on any atom is 0.200 e. The third-order valence-electron chi connectivity index (χ3n) is 9.93. The van der Waals surface area contributed by atoms with Crippen LogP contribution in [0.15, 0.2) is 33.5 Å². The van der Waals surface area contributed by atoms with Gasteiger partial charge in [-0.05, 0) is 97.2 Å². The summed E-state index contributed by atoms with van der Waals surface area (Å²) in [6.45, 7) is 24.1. The Bertz CT molecular complexity index is 1570. The second kappa shape index (κ2) is 12.3. The Hall–Kier alpha value is -1.95. The minimum absolute atomic E-state index is 0.207. The Kier molecular flexibility index (Phi) is 9.37. The lowest BCUT2D eigenvalue weighted by Gasteiger charge is -2.42. The van der Waals surface area contributed by atoms with Crippen LogP contribution in [0, 0.1) is 12.3 Å². The molecule has 1 aliphatic carbocycles. The topological polar surface area (TPSA) is 85.0 Å². The number of fused-ring (bicyclic) bond motifs is 2. The fourth-order valence-electron chi connectivity index (χ4n) is 7.68. The molecule has 1 saturated heterocycles. The summed E-state index contributed by atoms with van der Waals surface area (Å²) in [5.74, 6) is 0.957. The number of pyridine rings is 1. The van der Waals surface area contributed by atoms with Gasteiger partial charge in [0.15, 0.2) is 5.82 Å². The Labute approximate surface area is 275 Å². The van der Waals surface area contributed by atoms with E-state index in [1.807, 2.05) is 50.7 Å². The molecule has 3 aromatic rings. The van der Waals surface area contributed by atoms with E-state index < -0.39 is 24.1 Å². The van der Waals surface area contributed by atoms with Crippen LogP contribution in [0.4, 0.5) is 5.82 Å². The van der Waals surface area contributed by atoms with E-state index in [9.17, 15) is 4.21 Å². The first-order valence-electron chi connectivity index (χ1n) is 16.0. The van der Waals surface area contributed by atoms with Gasteiger partial charge in [0.25, 0.3) is 0 Å². The van der Waals surface area contributed by atoms with E-state index in [1.165, 1.54) is 5.56 Å². The lowest BCUT2D eigenvalue weighted by molar-refractivity contribution is 0.259. The molecule has 0 saturated carbocycles. The summed E-state index contributed by atoms with van der Waals surface area (Å²) in [5, 5.41) is 4.51. The summed E-state index contributed by atoms with van der Waals surface area (Å²) < 4.78 is 28.0. The number of halogens is 1. The largest absolute Gasteiger partial charge is 0.410 e. The zero-order valence-electron chi connectivity index (χ0n) is 28.1. The van der Waals surface area contributed by atoms with Crippen LogP contribution < -0.4 is 4.90 Å². The van der Waals surface area contributed by atoms with Gasteiger partial charge in [0.05, 0.1) is 34.7 Å². The number of piperidine rings is 1. The minimum atomic E-state index is -2.07. The fourth-order valence-corrected chi connectivity index (χ4v) is 14.2. The van der Waals surface area contributed by atoms with Crippen LogP contribution in [0.25, 0.3) is 5.52 Å². The van der Waals surface area contributed by atoms with Crippen LogP contribution in [-0.4, -0.2) is 55.7 Å². The maximum atomic E-state index is 13.5. The SMILES string of the molecule is Cc1nc(N2CCC3(CC2)Cc2c(ccnc2CO[Si](C(C)C)(C(C)C)C(C)C)C3=NS(=O)C(C)(C)C)c2ccnn2c1Br. The molecule has 11 heteroatoms. The summed E-state index contributed by atoms with van der Waals surface area (Å²) in [6, 6.07) is 4.11. The van der Waals surface area contributed by atoms with Gasteiger partial charge in [-0.2, -0.15) is 9.50 Å². The molecule has 1 atom stereocenters. The normalized spacial score (nSPS) is 18.9. The molecule has 1 aliphatic heterocycles. The number of aromatic nitrogens is 4. The van der Waals surface area contributed by atoms with Gasteiger partial charge >= 0.3 is 0 Å². The molecule has 0 bridgehead atoms. The van der Waals surface area contributed by atoms with Crippen molar-refractivity contribution in [3.63, 3.8) is 0 Å². The van der Waals surface area contributed by atoms with Crippen LogP contribution in [0.5, 0.6) is 0 Å². The number of aryl methyl sites for hydroxylation is 1. The third kappa shape index (κ3) is 5.75. The monoisotopic (exact) mass is 700 g/mol. The van der Waals surface area contributed by atoms with Crippen molar-refractivity contribution >= 4 is 52.3 Å². The molecule has 240 valence electrons. The average Bonchev–Trinajstić information content (AvgIpc) is 3.55. The summed E-state index contributed by atoms with van der Waals surface area (Å²) in [6.07, 6.45) is 6.35. The van der Waals surface area contributed by atoms with E-state index in [1.54, 1.807) is 0 Å². The Morgan fingerprint density at radius 1 is 1.07 bits per heavy atom. The second-order valence-corrected chi connectivity index (χ2v) is 22.7. The predicted molar refractivity (Wildman–Crippen MR) is 188 cm³/mol. The molecule has 0 amide bonds. The maximum absolute atomic E-state index is 13.5. The minimum Gasteiger partial charge on any atom is -0.410 e. The third-order valence-corrected chi connectivity index (χ3v) is 18.3. The lowest BCUT2D eigenvalue weighted by atomic mass is 9.74. The van der Waals surface area contributed by atoms with Gasteiger partial charge in [0, 0.05) is 30.3 Å². The molecule has 4 heterocycles. The highest BCUT2D eigenvalue weighted by Gasteiger charge is 2.49. The first kappa shape index (κ1) is 33.4. The molecule has 3 aromatic heterocycles. The number of nitrogens with zero attached hydrogens (tertiary/aromatic N) is 6. The highest BCUT2D eigenvalue weighted by atomic mass is 79.9. The Morgan fingerprint density at radius 2 is 1.70 bits per heavy atom. The van der Waals surface area contributed by atoms with Gasteiger partial charge < -0.3 is 9.33 Å². The smallest absolute Gasteiger partial charge is 0.200 e. The first-order valence-corrected chi connectivity index (χ1v) is 20.0. The second-order valence-electron chi connectivity index (χ2n) is 14.6. The van der Waals surface area contributed by atoms with Crippen molar-refractivity contribution in [2.45, 2.75) is 116 Å². The molecular formula is C33H49BrN6O2SSi. The number of hydrogen-bond donors (Lipinski definition) is 0. The molecule has 1 unspecified atom stereocenters. The Balaban J connectivity index is 1.50. The molecule has 1 spiro atoms. The summed E-state index contributed by atoms with van der Waals surface area (Å²) in [4.78, 5) is 12.3. The first-order chi connectivity index (χ1) is 20.6. The van der Waals surface area contributed by atoms with Crippen molar-refractivity contribution in [1.82, 2.24) is 19.6 Å². The van der Waals surface area contributed by atoms with E-state index in [0.29, 0.717) is 23.2 Å². The zero-order chi connectivity index (χ0) is 32.2. The quantitative estimate of drug-likeness (QED) is 0.222. The van der Waals surface area contributed by atoms with Crippen LogP contribution in [0.2, 0.25) is 16.6 Å². The molecule has 2 aliphatic rings. The van der Waals surface area contributed by atoms with Gasteiger partial charge in [-0.25, -0.2) is 13.7 Å². The van der Waals surface area contributed by atoms with Crippen molar-refractivity contribution in [2.24, 2.45) is 9.81 Å². The highest BCUT2D eigenvalue weighted by Crippen LogP contribution is 2.48. The van der Waals surface area contributed by atoms with E-state index in [0.717, 1.165) is 71.0 Å². The van der Waals surface area contributed by atoms with Gasteiger partial charge in [0.1, 0.15) is 21.1 Å². The zero-order valence-corrected chi connectivity index (χ0v) is 31.5. The number of anilines is 1. The van der Waals surface area contributed by atoms with E-state index >= 15 is 0 Å². The van der Waals surface area contributed by atoms with Gasteiger partial charge in [-0.15, -0.1) is 0 Å².